The van der Waals surface area contributed by atoms with E-state index >= 15 is 0 Å². The van der Waals surface area contributed by atoms with Gasteiger partial charge in [0.2, 0.25) is 5.78 Å². The maximum Gasteiger partial charge on any atom is 0.358 e. The molecule has 28 heavy (non-hydrogen) atoms. The third kappa shape index (κ3) is 4.46. The summed E-state index contributed by atoms with van der Waals surface area (Å²) in [6.07, 6.45) is 0.0189. The van der Waals surface area contributed by atoms with Gasteiger partial charge in [0.1, 0.15) is 10.8 Å². The molecule has 0 aliphatic carbocycles. The van der Waals surface area contributed by atoms with Gasteiger partial charge >= 0.3 is 5.97 Å². The second-order valence-electron chi connectivity index (χ2n) is 6.23. The number of Topliss-reactive ketones (excluding diaryl/α,β-unsaturated/α-hetero) is 1. The van der Waals surface area contributed by atoms with Crippen molar-refractivity contribution in [1.82, 2.24) is 4.98 Å². The zero-order valence-corrected chi connectivity index (χ0v) is 16.8. The van der Waals surface area contributed by atoms with Crippen molar-refractivity contribution >= 4 is 23.1 Å². The molecular formula is C22H21NO4S. The molecule has 0 fully saturated rings. The fourth-order valence-electron chi connectivity index (χ4n) is 2.65. The first-order valence-electron chi connectivity index (χ1n) is 8.96. The van der Waals surface area contributed by atoms with Crippen molar-refractivity contribution in [3.63, 3.8) is 0 Å². The molecule has 3 rings (SSSR count). The van der Waals surface area contributed by atoms with Crippen LogP contribution >= 0.6 is 11.3 Å². The molecule has 0 saturated heterocycles. The fourth-order valence-corrected chi connectivity index (χ4v) is 3.44. The maximum absolute atomic E-state index is 12.5. The Morgan fingerprint density at radius 2 is 1.75 bits per heavy atom. The molecule has 0 N–H and O–H groups in total. The van der Waals surface area contributed by atoms with Crippen molar-refractivity contribution in [2.75, 3.05) is 7.11 Å². The number of nitrogens with zero attached hydrogens (tertiary/aromatic N) is 1. The number of esters is 1. The van der Waals surface area contributed by atoms with Crippen LogP contribution in [0.4, 0.5) is 0 Å². The van der Waals surface area contributed by atoms with Gasteiger partial charge in [-0.1, -0.05) is 31.2 Å². The number of hydrogen-bond donors (Lipinski definition) is 0. The minimum absolute atomic E-state index is 0.191. The van der Waals surface area contributed by atoms with E-state index in [1.165, 1.54) is 11.3 Å². The summed E-state index contributed by atoms with van der Waals surface area (Å²) in [5, 5.41) is 2.33. The summed E-state index contributed by atoms with van der Waals surface area (Å²) in [6.45, 7) is 3.63. The van der Waals surface area contributed by atoms with E-state index in [-0.39, 0.29) is 11.5 Å². The minimum Gasteiger partial charge on any atom is -0.497 e. The van der Waals surface area contributed by atoms with Crippen molar-refractivity contribution in [2.45, 2.75) is 26.4 Å². The highest BCUT2D eigenvalue weighted by atomic mass is 32.1. The summed E-state index contributed by atoms with van der Waals surface area (Å²) in [5.41, 5.74) is 2.74. The van der Waals surface area contributed by atoms with Crippen LogP contribution in [0.3, 0.4) is 0 Å². The fraction of sp³-hybridized carbons (Fsp3) is 0.227. The van der Waals surface area contributed by atoms with E-state index in [2.05, 4.69) is 11.9 Å². The zero-order chi connectivity index (χ0) is 20.1. The third-order valence-corrected chi connectivity index (χ3v) is 5.24. The van der Waals surface area contributed by atoms with Gasteiger partial charge in [-0.3, -0.25) is 4.79 Å². The number of rotatable bonds is 7. The van der Waals surface area contributed by atoms with Crippen molar-refractivity contribution in [3.05, 3.63) is 70.7 Å². The van der Waals surface area contributed by atoms with E-state index in [1.807, 2.05) is 36.4 Å². The molecule has 5 nitrogen and oxygen atoms in total. The highest BCUT2D eigenvalue weighted by molar-refractivity contribution is 7.13. The number of ketones is 1. The van der Waals surface area contributed by atoms with Crippen molar-refractivity contribution < 1.29 is 19.1 Å². The van der Waals surface area contributed by atoms with Gasteiger partial charge in [-0.25, -0.2) is 9.78 Å². The molecule has 1 aromatic heterocycles. The third-order valence-electron chi connectivity index (χ3n) is 4.35. The molecule has 0 aliphatic rings. The highest BCUT2D eigenvalue weighted by Crippen LogP contribution is 2.26. The lowest BCUT2D eigenvalue weighted by molar-refractivity contribution is 0.0314. The van der Waals surface area contributed by atoms with E-state index in [0.29, 0.717) is 10.6 Å². The number of thiazole rings is 1. The van der Waals surface area contributed by atoms with Gasteiger partial charge in [0.05, 0.1) is 7.11 Å². The molecule has 0 spiro atoms. The number of ether oxygens (including phenoxy) is 2. The SMILES string of the molecule is CCc1ccc(C(=O)[C@@H](C)OC(=O)c2csc(-c3ccc(OC)cc3)n2)cc1. The Bertz CT molecular complexity index is 961. The summed E-state index contributed by atoms with van der Waals surface area (Å²) in [6, 6.07) is 14.7. The molecule has 2 aromatic carbocycles. The lowest BCUT2D eigenvalue weighted by Gasteiger charge is -2.11. The second kappa shape index (κ2) is 8.80. The van der Waals surface area contributed by atoms with Gasteiger partial charge in [-0.05, 0) is 43.2 Å². The molecule has 1 heterocycles. The molecule has 3 aromatic rings. The first-order valence-corrected chi connectivity index (χ1v) is 9.84. The number of hydrogen-bond acceptors (Lipinski definition) is 6. The van der Waals surface area contributed by atoms with Crippen LogP contribution in [0.2, 0.25) is 0 Å². The molecule has 0 saturated carbocycles. The van der Waals surface area contributed by atoms with Crippen LogP contribution in [-0.4, -0.2) is 30.0 Å². The predicted molar refractivity (Wildman–Crippen MR) is 109 cm³/mol. The lowest BCUT2D eigenvalue weighted by atomic mass is 10.0. The van der Waals surface area contributed by atoms with Gasteiger partial charge < -0.3 is 9.47 Å². The van der Waals surface area contributed by atoms with Gasteiger partial charge in [0.15, 0.2) is 11.8 Å². The smallest absolute Gasteiger partial charge is 0.358 e. The van der Waals surface area contributed by atoms with Gasteiger partial charge in [0, 0.05) is 16.5 Å². The summed E-state index contributed by atoms with van der Waals surface area (Å²) in [4.78, 5) is 29.2. The number of benzene rings is 2. The highest BCUT2D eigenvalue weighted by Gasteiger charge is 2.22. The summed E-state index contributed by atoms with van der Waals surface area (Å²) in [5.74, 6) is -0.0945. The number of aromatic nitrogens is 1. The first kappa shape index (κ1) is 19.8. The molecule has 1 atom stereocenters. The topological polar surface area (TPSA) is 65.5 Å². The van der Waals surface area contributed by atoms with Gasteiger partial charge in [-0.15, -0.1) is 11.3 Å². The van der Waals surface area contributed by atoms with E-state index in [4.69, 9.17) is 9.47 Å². The average Bonchev–Trinajstić information content (AvgIpc) is 3.23. The Morgan fingerprint density at radius 3 is 2.36 bits per heavy atom. The summed E-state index contributed by atoms with van der Waals surface area (Å²) in [7, 11) is 1.60. The molecular weight excluding hydrogens is 374 g/mol. The van der Waals surface area contributed by atoms with Crippen LogP contribution in [0.25, 0.3) is 10.6 Å². The normalized spacial score (nSPS) is 11.7. The van der Waals surface area contributed by atoms with Crippen molar-refractivity contribution in [1.29, 1.82) is 0 Å². The minimum atomic E-state index is -0.883. The largest absolute Gasteiger partial charge is 0.497 e. The quantitative estimate of drug-likeness (QED) is 0.424. The molecule has 144 valence electrons. The number of carbonyl (C=O) groups is 2. The molecule has 0 amide bonds. The monoisotopic (exact) mass is 395 g/mol. The standard InChI is InChI=1S/C22H21NO4S/c1-4-15-5-7-16(8-6-15)20(24)14(2)27-22(25)19-13-28-21(23-19)17-9-11-18(26-3)12-10-17/h5-14H,4H2,1-3H3/t14-/m1/s1. The van der Waals surface area contributed by atoms with Crippen LogP contribution in [-0.2, 0) is 11.2 Å². The van der Waals surface area contributed by atoms with Crippen LogP contribution in [0.15, 0.2) is 53.9 Å². The number of methoxy groups -OCH3 is 1. The number of carbonyl (C=O) groups excluding carboxylic acids is 2. The summed E-state index contributed by atoms with van der Waals surface area (Å²) < 4.78 is 10.5. The lowest BCUT2D eigenvalue weighted by Crippen LogP contribution is -2.24. The average molecular weight is 395 g/mol. The maximum atomic E-state index is 12.5. The van der Waals surface area contributed by atoms with Crippen LogP contribution in [0.1, 0.15) is 40.3 Å². The Balaban J connectivity index is 1.66. The second-order valence-corrected chi connectivity index (χ2v) is 7.09. The molecule has 0 aliphatic heterocycles. The van der Waals surface area contributed by atoms with E-state index in [9.17, 15) is 9.59 Å². The van der Waals surface area contributed by atoms with Gasteiger partial charge in [0.25, 0.3) is 0 Å². The van der Waals surface area contributed by atoms with Crippen LogP contribution in [0, 0.1) is 0 Å². The van der Waals surface area contributed by atoms with E-state index in [0.717, 1.165) is 23.3 Å². The Labute approximate surface area is 168 Å². The van der Waals surface area contributed by atoms with Crippen LogP contribution in [0.5, 0.6) is 5.75 Å². The Kier molecular flexibility index (Phi) is 6.21. The zero-order valence-electron chi connectivity index (χ0n) is 16.0. The van der Waals surface area contributed by atoms with Gasteiger partial charge in [-0.2, -0.15) is 0 Å². The Morgan fingerprint density at radius 1 is 1.07 bits per heavy atom. The predicted octanol–water partition coefficient (Wildman–Crippen LogP) is 4.81. The molecule has 6 heteroatoms. The van der Waals surface area contributed by atoms with Crippen molar-refractivity contribution in [2.24, 2.45) is 0 Å². The van der Waals surface area contributed by atoms with Crippen LogP contribution < -0.4 is 4.74 Å². The molecule has 0 radical (unpaired) electrons. The first-order chi connectivity index (χ1) is 13.5. The van der Waals surface area contributed by atoms with E-state index in [1.54, 1.807) is 31.5 Å². The molecule has 0 unspecified atom stereocenters. The van der Waals surface area contributed by atoms with E-state index < -0.39 is 12.1 Å². The van der Waals surface area contributed by atoms with Crippen molar-refractivity contribution in [3.8, 4) is 16.3 Å². The summed E-state index contributed by atoms with van der Waals surface area (Å²) >= 11 is 1.34. The molecule has 0 bridgehead atoms. The Hall–Kier alpha value is -2.99. The number of aryl methyl sites for hydroxylation is 1.